The largest absolute Gasteiger partial charge is 0.459 e. The minimum absolute atomic E-state index is 0.134. The van der Waals surface area contributed by atoms with Crippen molar-refractivity contribution in [2.24, 2.45) is 17.8 Å². The standard InChI is InChI=1S/C39H74N2O12/c1-15-16-28-39(10,47)32(43)25(6)41(13)20-21(2)18-37(8,46)34(53-36-30(42)27(40(11)12)17-22(3)49-36)23(4)31(24(5)35(45)51-28)52-29-19-38(9,48-14)33(44)26(7)50-29/h21-34,36,42-44,46-47H,15-20H2,1-14H3/t21-,22?,23+,24-,25-,26?,27-,28-,29+,30?,31+,32-,33+,34-,36+,37-,38+,39-/m1/s1. The second kappa shape index (κ2) is 18.5. The fourth-order valence-corrected chi connectivity index (χ4v) is 8.85. The summed E-state index contributed by atoms with van der Waals surface area (Å²) >= 11 is 0. The molecule has 0 radical (unpaired) electrons. The first-order valence-electron chi connectivity index (χ1n) is 19.6. The lowest BCUT2D eigenvalue weighted by Gasteiger charge is -2.48. The summed E-state index contributed by atoms with van der Waals surface area (Å²) in [5.74, 6) is -2.57. The van der Waals surface area contributed by atoms with E-state index < -0.39 is 96.0 Å². The maximum absolute atomic E-state index is 14.3. The van der Waals surface area contributed by atoms with Crippen LogP contribution in [0.1, 0.15) is 101 Å². The maximum Gasteiger partial charge on any atom is 0.311 e. The van der Waals surface area contributed by atoms with E-state index in [1.165, 1.54) is 14.0 Å². The molecule has 3 rings (SSSR count). The van der Waals surface area contributed by atoms with Crippen LogP contribution in [0, 0.1) is 17.8 Å². The van der Waals surface area contributed by atoms with E-state index in [0.29, 0.717) is 25.8 Å². The average Bonchev–Trinajstić information content (AvgIpc) is 3.07. The molecule has 0 amide bonds. The molecule has 0 aliphatic carbocycles. The zero-order valence-corrected chi connectivity index (χ0v) is 34.9. The Balaban J connectivity index is 2.19. The highest BCUT2D eigenvalue weighted by Gasteiger charge is 2.52. The molecule has 0 aromatic heterocycles. The Morgan fingerprint density at radius 1 is 0.943 bits per heavy atom. The predicted octanol–water partition coefficient (Wildman–Crippen LogP) is 2.29. The summed E-state index contributed by atoms with van der Waals surface area (Å²) in [7, 11) is 7.13. The Morgan fingerprint density at radius 2 is 1.57 bits per heavy atom. The van der Waals surface area contributed by atoms with Crippen LogP contribution in [0.4, 0.5) is 0 Å². The number of carbonyl (C=O) groups is 1. The third-order valence-electron chi connectivity index (χ3n) is 12.4. The molecule has 3 aliphatic heterocycles. The van der Waals surface area contributed by atoms with Gasteiger partial charge in [0.05, 0.1) is 41.5 Å². The normalized spacial score (nSPS) is 48.9. The Kier molecular flexibility index (Phi) is 16.2. The number of cyclic esters (lactones) is 1. The van der Waals surface area contributed by atoms with Gasteiger partial charge in [0.1, 0.15) is 30.0 Å². The summed E-state index contributed by atoms with van der Waals surface area (Å²) in [5, 5.41) is 58.4. The molecule has 14 heteroatoms. The average molecular weight is 763 g/mol. The Labute approximate surface area is 318 Å². The molecule has 312 valence electrons. The number of hydrogen-bond acceptors (Lipinski definition) is 14. The van der Waals surface area contributed by atoms with Crippen LogP contribution in [0.15, 0.2) is 0 Å². The van der Waals surface area contributed by atoms with Crippen LogP contribution < -0.4 is 0 Å². The van der Waals surface area contributed by atoms with Gasteiger partial charge in [-0.1, -0.05) is 27.2 Å². The monoisotopic (exact) mass is 763 g/mol. The molecule has 3 aliphatic rings. The molecule has 18 atom stereocenters. The van der Waals surface area contributed by atoms with Gasteiger partial charge in [-0.3, -0.25) is 4.79 Å². The van der Waals surface area contributed by atoms with Crippen molar-refractivity contribution in [3.8, 4) is 0 Å². The van der Waals surface area contributed by atoms with E-state index in [1.807, 2.05) is 65.6 Å². The van der Waals surface area contributed by atoms with Crippen molar-refractivity contribution >= 4 is 5.97 Å². The van der Waals surface area contributed by atoms with Gasteiger partial charge in [-0.15, -0.1) is 0 Å². The van der Waals surface area contributed by atoms with E-state index in [2.05, 4.69) is 0 Å². The molecule has 53 heavy (non-hydrogen) atoms. The van der Waals surface area contributed by atoms with Crippen LogP contribution in [0.2, 0.25) is 0 Å². The van der Waals surface area contributed by atoms with E-state index in [-0.39, 0.29) is 30.9 Å². The number of carbonyl (C=O) groups excluding carboxylic acids is 1. The number of rotatable bonds is 8. The van der Waals surface area contributed by atoms with Crippen LogP contribution in [0.5, 0.6) is 0 Å². The van der Waals surface area contributed by atoms with Crippen LogP contribution in [0.25, 0.3) is 0 Å². The number of aliphatic hydroxyl groups excluding tert-OH is 3. The zero-order valence-electron chi connectivity index (χ0n) is 34.9. The van der Waals surface area contributed by atoms with Gasteiger partial charge >= 0.3 is 5.97 Å². The van der Waals surface area contributed by atoms with E-state index >= 15 is 0 Å². The van der Waals surface area contributed by atoms with Crippen molar-refractivity contribution in [1.82, 2.24) is 9.80 Å². The second-order valence-corrected chi connectivity index (χ2v) is 17.5. The lowest BCUT2D eigenvalue weighted by Crippen LogP contribution is -2.60. The number of aliphatic hydroxyl groups is 5. The molecule has 3 fully saturated rings. The fraction of sp³-hybridized carbons (Fsp3) is 0.974. The van der Waals surface area contributed by atoms with Gasteiger partial charge in [-0.25, -0.2) is 0 Å². The highest BCUT2D eigenvalue weighted by atomic mass is 16.7. The molecule has 0 spiro atoms. The Morgan fingerprint density at radius 3 is 2.13 bits per heavy atom. The molecule has 0 bridgehead atoms. The van der Waals surface area contributed by atoms with Crippen LogP contribution >= 0.6 is 0 Å². The number of likely N-dealkylation sites (N-methyl/N-ethyl adjacent to an activating group) is 2. The van der Waals surface area contributed by atoms with E-state index in [4.69, 9.17) is 28.4 Å². The molecule has 3 heterocycles. The SMILES string of the molecule is CCC[C@H]1OC(=O)[C@H](C)[C@@H](O[C@H]2C[C@](C)(OC)[C@@H](O)C(C)O2)[C@H](C)[C@@H](O[C@@H]2OC(C)C[C@@H](N(C)C)C2O)[C@](C)(O)C[C@@H](C)CN(C)[C@H](C)[C@@H](O)[C@]1(C)O. The van der Waals surface area contributed by atoms with Crippen LogP contribution in [0.3, 0.4) is 0 Å². The Bertz CT molecular complexity index is 1160. The molecule has 5 N–H and O–H groups in total. The summed E-state index contributed by atoms with van der Waals surface area (Å²) in [6, 6.07) is -0.808. The molecule has 0 aromatic rings. The Hall–Kier alpha value is -1.01. The maximum atomic E-state index is 14.3. The van der Waals surface area contributed by atoms with Gasteiger partial charge in [-0.05, 0) is 94.8 Å². The lowest BCUT2D eigenvalue weighted by atomic mass is 9.77. The topological polar surface area (TPSA) is 180 Å². The minimum Gasteiger partial charge on any atom is -0.459 e. The summed E-state index contributed by atoms with van der Waals surface area (Å²) < 4.78 is 37.7. The highest BCUT2D eigenvalue weighted by Crippen LogP contribution is 2.40. The van der Waals surface area contributed by atoms with Crippen molar-refractivity contribution in [3.05, 3.63) is 0 Å². The first kappa shape index (κ1) is 46.4. The molecule has 3 saturated heterocycles. The number of ether oxygens (including phenoxy) is 6. The number of nitrogens with zero attached hydrogens (tertiary/aromatic N) is 2. The molecular formula is C39H74N2O12. The van der Waals surface area contributed by atoms with Gasteiger partial charge < -0.3 is 63.8 Å². The summed E-state index contributed by atoms with van der Waals surface area (Å²) in [4.78, 5) is 18.2. The number of hydrogen-bond donors (Lipinski definition) is 5. The molecule has 14 nitrogen and oxygen atoms in total. The number of methoxy groups -OCH3 is 1. The van der Waals surface area contributed by atoms with Gasteiger partial charge in [0.25, 0.3) is 0 Å². The minimum atomic E-state index is -1.80. The van der Waals surface area contributed by atoms with Crippen molar-refractivity contribution < 1.29 is 58.7 Å². The van der Waals surface area contributed by atoms with E-state index in [1.54, 1.807) is 27.7 Å². The zero-order chi connectivity index (χ0) is 40.4. The van der Waals surface area contributed by atoms with Crippen molar-refractivity contribution in [2.45, 2.75) is 192 Å². The number of esters is 1. The van der Waals surface area contributed by atoms with Gasteiger partial charge in [-0.2, -0.15) is 0 Å². The first-order valence-corrected chi connectivity index (χ1v) is 19.6. The smallest absolute Gasteiger partial charge is 0.311 e. The summed E-state index contributed by atoms with van der Waals surface area (Å²) in [6.45, 7) is 18.2. The van der Waals surface area contributed by atoms with Crippen molar-refractivity contribution in [3.63, 3.8) is 0 Å². The highest BCUT2D eigenvalue weighted by molar-refractivity contribution is 5.73. The summed E-state index contributed by atoms with van der Waals surface area (Å²) in [5.41, 5.74) is -4.38. The molecular weight excluding hydrogens is 688 g/mol. The van der Waals surface area contributed by atoms with E-state index in [9.17, 15) is 30.3 Å². The van der Waals surface area contributed by atoms with Gasteiger partial charge in [0.15, 0.2) is 12.6 Å². The van der Waals surface area contributed by atoms with Crippen molar-refractivity contribution in [2.75, 3.05) is 34.8 Å². The van der Waals surface area contributed by atoms with Crippen LogP contribution in [-0.2, 0) is 33.2 Å². The van der Waals surface area contributed by atoms with Crippen molar-refractivity contribution in [1.29, 1.82) is 0 Å². The van der Waals surface area contributed by atoms with Gasteiger partial charge in [0, 0.05) is 38.1 Å². The third-order valence-corrected chi connectivity index (χ3v) is 12.4. The quantitative estimate of drug-likeness (QED) is 0.228. The second-order valence-electron chi connectivity index (χ2n) is 17.5. The predicted molar refractivity (Wildman–Crippen MR) is 199 cm³/mol. The third kappa shape index (κ3) is 10.7. The fourth-order valence-electron chi connectivity index (χ4n) is 8.85. The van der Waals surface area contributed by atoms with E-state index in [0.717, 1.165) is 0 Å². The molecule has 0 aromatic carbocycles. The summed E-state index contributed by atoms with van der Waals surface area (Å²) in [6.07, 6.45) is -7.53. The molecule has 0 saturated carbocycles. The van der Waals surface area contributed by atoms with Gasteiger partial charge in [0.2, 0.25) is 0 Å². The van der Waals surface area contributed by atoms with Crippen LogP contribution in [-0.4, -0.2) is 166 Å². The first-order chi connectivity index (χ1) is 24.4. The lowest BCUT2D eigenvalue weighted by molar-refractivity contribution is -0.318. The molecule has 3 unspecified atom stereocenters.